The number of piperidine rings is 1. The van der Waals surface area contributed by atoms with Crippen LogP contribution in [-0.4, -0.2) is 44.1 Å². The van der Waals surface area contributed by atoms with E-state index in [2.05, 4.69) is 27.4 Å². The Labute approximate surface area is 145 Å². The van der Waals surface area contributed by atoms with Crippen molar-refractivity contribution < 1.29 is 4.39 Å². The first-order valence-corrected chi connectivity index (χ1v) is 9.04. The number of hydrogen-bond donors (Lipinski definition) is 2. The number of rotatable bonds is 6. The smallest absolute Gasteiger partial charge is 0.191 e. The Hall–Kier alpha value is -1.62. The van der Waals surface area contributed by atoms with Crippen LogP contribution in [0.2, 0.25) is 0 Å². The zero-order valence-corrected chi connectivity index (χ0v) is 15.2. The summed E-state index contributed by atoms with van der Waals surface area (Å²) >= 11 is 0. The molecule has 2 rings (SSSR count). The number of halogens is 1. The molecule has 0 bridgehead atoms. The van der Waals surface area contributed by atoms with Crippen LogP contribution in [0.4, 0.5) is 4.39 Å². The molecule has 0 aliphatic carbocycles. The van der Waals surface area contributed by atoms with E-state index < -0.39 is 0 Å². The van der Waals surface area contributed by atoms with E-state index >= 15 is 0 Å². The van der Waals surface area contributed by atoms with Gasteiger partial charge in [-0.3, -0.25) is 4.99 Å². The fourth-order valence-electron chi connectivity index (χ4n) is 3.19. The molecule has 0 aromatic heterocycles. The first-order valence-electron chi connectivity index (χ1n) is 9.04. The highest BCUT2D eigenvalue weighted by atomic mass is 19.1. The van der Waals surface area contributed by atoms with Gasteiger partial charge in [-0.15, -0.1) is 0 Å². The topological polar surface area (TPSA) is 39.7 Å². The van der Waals surface area contributed by atoms with Crippen LogP contribution in [0.3, 0.4) is 0 Å². The quantitative estimate of drug-likeness (QED) is 0.621. The number of aryl methyl sites for hydroxylation is 1. The van der Waals surface area contributed by atoms with Gasteiger partial charge in [0, 0.05) is 20.1 Å². The van der Waals surface area contributed by atoms with Crippen molar-refractivity contribution in [2.45, 2.75) is 39.7 Å². The van der Waals surface area contributed by atoms with E-state index in [0.717, 1.165) is 18.1 Å². The summed E-state index contributed by atoms with van der Waals surface area (Å²) < 4.78 is 13.3. The minimum atomic E-state index is -0.157. The third kappa shape index (κ3) is 5.78. The summed E-state index contributed by atoms with van der Waals surface area (Å²) in [6.07, 6.45) is 3.74. The maximum absolute atomic E-state index is 13.3. The van der Waals surface area contributed by atoms with Gasteiger partial charge in [0.1, 0.15) is 5.82 Å². The second kappa shape index (κ2) is 9.62. The van der Waals surface area contributed by atoms with Gasteiger partial charge < -0.3 is 15.5 Å². The molecular weight excluding hydrogens is 303 g/mol. The highest BCUT2D eigenvalue weighted by Crippen LogP contribution is 2.16. The van der Waals surface area contributed by atoms with Gasteiger partial charge >= 0.3 is 0 Å². The summed E-state index contributed by atoms with van der Waals surface area (Å²) in [5.41, 5.74) is 1.74. The second-order valence-corrected chi connectivity index (χ2v) is 6.68. The molecule has 0 spiro atoms. The van der Waals surface area contributed by atoms with Crippen molar-refractivity contribution in [1.29, 1.82) is 0 Å². The Kier molecular flexibility index (Phi) is 7.50. The van der Waals surface area contributed by atoms with Crippen molar-refractivity contribution >= 4 is 5.96 Å². The molecule has 4 nitrogen and oxygen atoms in total. The molecule has 0 unspecified atom stereocenters. The Bertz CT molecular complexity index is 536. The molecular formula is C19H31FN4. The van der Waals surface area contributed by atoms with Crippen molar-refractivity contribution in [3.63, 3.8) is 0 Å². The Morgan fingerprint density at radius 3 is 2.67 bits per heavy atom. The molecule has 134 valence electrons. The minimum absolute atomic E-state index is 0.157. The van der Waals surface area contributed by atoms with Crippen LogP contribution in [-0.2, 0) is 6.54 Å². The van der Waals surface area contributed by atoms with Crippen LogP contribution in [0, 0.1) is 18.7 Å². The molecule has 1 aliphatic rings. The molecule has 24 heavy (non-hydrogen) atoms. The lowest BCUT2D eigenvalue weighted by molar-refractivity contribution is 0.185. The lowest BCUT2D eigenvalue weighted by atomic mass is 9.97. The van der Waals surface area contributed by atoms with Crippen molar-refractivity contribution in [2.75, 3.05) is 33.2 Å². The summed E-state index contributed by atoms with van der Waals surface area (Å²) in [7, 11) is 1.79. The van der Waals surface area contributed by atoms with E-state index in [1.807, 2.05) is 12.1 Å². The normalized spacial score (nSPS) is 17.1. The number of hydrogen-bond acceptors (Lipinski definition) is 2. The van der Waals surface area contributed by atoms with Crippen LogP contribution in [0.15, 0.2) is 23.2 Å². The molecule has 2 N–H and O–H groups in total. The van der Waals surface area contributed by atoms with Crippen LogP contribution < -0.4 is 10.6 Å². The highest BCUT2D eigenvalue weighted by Gasteiger charge is 2.18. The summed E-state index contributed by atoms with van der Waals surface area (Å²) in [6.45, 7) is 9.28. The molecule has 0 amide bonds. The van der Waals surface area contributed by atoms with E-state index in [4.69, 9.17) is 0 Å². The van der Waals surface area contributed by atoms with Gasteiger partial charge in [0.15, 0.2) is 5.96 Å². The minimum Gasteiger partial charge on any atom is -0.356 e. The molecule has 0 atom stereocenters. The zero-order chi connectivity index (χ0) is 17.4. The van der Waals surface area contributed by atoms with Crippen LogP contribution in [0.1, 0.15) is 37.3 Å². The van der Waals surface area contributed by atoms with Crippen LogP contribution in [0.25, 0.3) is 0 Å². The number of benzene rings is 1. The maximum Gasteiger partial charge on any atom is 0.191 e. The lowest BCUT2D eigenvalue weighted by Crippen LogP contribution is -2.42. The highest BCUT2D eigenvalue weighted by molar-refractivity contribution is 5.79. The largest absolute Gasteiger partial charge is 0.356 e. The summed E-state index contributed by atoms with van der Waals surface area (Å²) in [5, 5.41) is 6.74. The number of nitrogens with one attached hydrogen (secondary N) is 2. The number of aliphatic imine (C=N–C) groups is 1. The SMILES string of the molecule is CCCN1CCC(CNC(=NC)NCc2ccc(F)c(C)c2)CC1. The summed E-state index contributed by atoms with van der Waals surface area (Å²) in [4.78, 5) is 6.84. The molecule has 5 heteroatoms. The zero-order valence-electron chi connectivity index (χ0n) is 15.2. The molecule has 1 aromatic rings. The number of guanidine groups is 1. The molecule has 0 saturated carbocycles. The molecule has 1 fully saturated rings. The van der Waals surface area contributed by atoms with Crippen molar-refractivity contribution in [3.8, 4) is 0 Å². The van der Waals surface area contributed by atoms with Gasteiger partial charge in [-0.2, -0.15) is 0 Å². The van der Waals surface area contributed by atoms with Gasteiger partial charge in [-0.25, -0.2) is 4.39 Å². The molecule has 1 heterocycles. The number of likely N-dealkylation sites (tertiary alicyclic amines) is 1. The lowest BCUT2D eigenvalue weighted by Gasteiger charge is -2.32. The van der Waals surface area contributed by atoms with E-state index in [9.17, 15) is 4.39 Å². The van der Waals surface area contributed by atoms with Crippen LogP contribution >= 0.6 is 0 Å². The second-order valence-electron chi connectivity index (χ2n) is 6.68. The first-order chi connectivity index (χ1) is 11.6. The van der Waals surface area contributed by atoms with Gasteiger partial charge in [-0.05, 0) is 68.9 Å². The standard InChI is InChI=1S/C19H31FN4/c1-4-9-24-10-7-16(8-11-24)13-22-19(21-3)23-14-17-5-6-18(20)15(2)12-17/h5-6,12,16H,4,7-11,13-14H2,1-3H3,(H2,21,22,23). The Morgan fingerprint density at radius 1 is 1.29 bits per heavy atom. The van der Waals surface area contributed by atoms with Gasteiger partial charge in [0.2, 0.25) is 0 Å². The fourth-order valence-corrected chi connectivity index (χ4v) is 3.19. The third-order valence-electron chi connectivity index (χ3n) is 4.71. The maximum atomic E-state index is 13.3. The van der Waals surface area contributed by atoms with E-state index in [1.165, 1.54) is 45.0 Å². The fraction of sp³-hybridized carbons (Fsp3) is 0.632. The third-order valence-corrected chi connectivity index (χ3v) is 4.71. The van der Waals surface area contributed by atoms with Crippen molar-refractivity contribution in [2.24, 2.45) is 10.9 Å². The van der Waals surface area contributed by atoms with Gasteiger partial charge in [0.05, 0.1) is 0 Å². The average Bonchev–Trinajstić information content (AvgIpc) is 2.59. The molecule has 0 radical (unpaired) electrons. The predicted octanol–water partition coefficient (Wildman–Crippen LogP) is 2.92. The van der Waals surface area contributed by atoms with E-state index in [1.54, 1.807) is 14.0 Å². The molecule has 1 aromatic carbocycles. The first kappa shape index (κ1) is 18.7. The van der Waals surface area contributed by atoms with Crippen molar-refractivity contribution in [1.82, 2.24) is 15.5 Å². The van der Waals surface area contributed by atoms with Gasteiger partial charge in [0.25, 0.3) is 0 Å². The Morgan fingerprint density at radius 2 is 2.04 bits per heavy atom. The van der Waals surface area contributed by atoms with Crippen LogP contribution in [0.5, 0.6) is 0 Å². The molecule has 1 aliphatic heterocycles. The summed E-state index contributed by atoms with van der Waals surface area (Å²) in [6, 6.07) is 5.21. The monoisotopic (exact) mass is 334 g/mol. The predicted molar refractivity (Wildman–Crippen MR) is 98.8 cm³/mol. The average molecular weight is 334 g/mol. The Balaban J connectivity index is 1.72. The molecule has 1 saturated heterocycles. The van der Waals surface area contributed by atoms with E-state index in [0.29, 0.717) is 18.0 Å². The van der Waals surface area contributed by atoms with Gasteiger partial charge in [-0.1, -0.05) is 19.1 Å². The number of nitrogens with zero attached hydrogens (tertiary/aromatic N) is 2. The summed E-state index contributed by atoms with van der Waals surface area (Å²) in [5.74, 6) is 1.37. The van der Waals surface area contributed by atoms with E-state index in [-0.39, 0.29) is 5.82 Å². The van der Waals surface area contributed by atoms with Crippen molar-refractivity contribution in [3.05, 3.63) is 35.1 Å².